The van der Waals surface area contributed by atoms with Crippen molar-refractivity contribution in [1.29, 1.82) is 0 Å². The monoisotopic (exact) mass is 558 g/mol. The summed E-state index contributed by atoms with van der Waals surface area (Å²) in [5, 5.41) is 0. The molecule has 0 unspecified atom stereocenters. The zero-order valence-electron chi connectivity index (χ0n) is 23.9. The quantitative estimate of drug-likeness (QED) is 0.147. The van der Waals surface area contributed by atoms with E-state index >= 15 is 0 Å². The Morgan fingerprint density at radius 1 is 0.524 bits per heavy atom. The number of hydrogen-bond donors (Lipinski definition) is 0. The van der Waals surface area contributed by atoms with E-state index in [1.54, 1.807) is 14.2 Å². The first-order valence-corrected chi connectivity index (χ1v) is 13.9. The Bertz CT molecular complexity index is 1470. The van der Waals surface area contributed by atoms with E-state index in [1.165, 1.54) is 0 Å². The van der Waals surface area contributed by atoms with Gasteiger partial charge in [0.15, 0.2) is 0 Å². The van der Waals surface area contributed by atoms with Gasteiger partial charge < -0.3 is 18.9 Å². The van der Waals surface area contributed by atoms with Crippen LogP contribution in [-0.2, 0) is 22.7 Å². The number of aliphatic imine (C=N–C) groups is 2. The lowest BCUT2D eigenvalue weighted by Gasteiger charge is -2.15. The zero-order chi connectivity index (χ0) is 29.0. The van der Waals surface area contributed by atoms with Crippen molar-refractivity contribution in [2.24, 2.45) is 9.98 Å². The largest absolute Gasteiger partial charge is 0.488 e. The van der Waals surface area contributed by atoms with Crippen LogP contribution >= 0.6 is 0 Å². The van der Waals surface area contributed by atoms with E-state index in [9.17, 15) is 0 Å². The molecule has 1 aliphatic carbocycles. The molecular weight excluding hydrogens is 524 g/mol. The zero-order valence-corrected chi connectivity index (χ0v) is 23.9. The smallest absolute Gasteiger partial charge is 0.224 e. The van der Waals surface area contributed by atoms with Crippen LogP contribution < -0.4 is 9.47 Å². The molecule has 0 atom stereocenters. The Kier molecular flexibility index (Phi) is 9.82. The molecule has 42 heavy (non-hydrogen) atoms. The van der Waals surface area contributed by atoms with Crippen molar-refractivity contribution in [3.8, 4) is 11.5 Å². The van der Waals surface area contributed by atoms with E-state index in [0.29, 0.717) is 37.9 Å². The van der Waals surface area contributed by atoms with Crippen molar-refractivity contribution in [3.63, 3.8) is 0 Å². The molecule has 5 rings (SSSR count). The Morgan fingerprint density at radius 2 is 0.905 bits per heavy atom. The summed E-state index contributed by atoms with van der Waals surface area (Å²) in [4.78, 5) is 9.66. The summed E-state index contributed by atoms with van der Waals surface area (Å²) >= 11 is 0. The normalized spacial score (nSPS) is 13.6. The highest BCUT2D eigenvalue weighted by Gasteiger charge is 2.16. The lowest BCUT2D eigenvalue weighted by molar-refractivity contribution is 0.303. The minimum absolute atomic E-state index is 0.462. The topological polar surface area (TPSA) is 61.6 Å². The molecule has 0 amide bonds. The fraction of sp³-hybridized carbons (Fsp3) is 0.167. The standard InChI is InChI=1S/C36H34N2O4/c1-39-35(31-17-9-11-19-33(31)41-25-27-13-5-3-6-14-27)37-29-21-23-30(24-22-29)38-36(40-2)32-18-10-12-20-34(32)42-26-28-15-7-4-8-16-28/h3-21,23H,22,24-26H2,1-2H3. The van der Waals surface area contributed by atoms with Gasteiger partial charge in [-0.05, 0) is 60.4 Å². The molecule has 0 fully saturated rings. The van der Waals surface area contributed by atoms with Gasteiger partial charge in [-0.15, -0.1) is 0 Å². The highest BCUT2D eigenvalue weighted by Crippen LogP contribution is 2.27. The molecule has 4 aromatic rings. The van der Waals surface area contributed by atoms with Crippen molar-refractivity contribution in [2.45, 2.75) is 26.1 Å². The van der Waals surface area contributed by atoms with E-state index in [-0.39, 0.29) is 0 Å². The predicted molar refractivity (Wildman–Crippen MR) is 167 cm³/mol. The third kappa shape index (κ3) is 7.55. The van der Waals surface area contributed by atoms with E-state index in [4.69, 9.17) is 28.9 Å². The number of hydrogen-bond acceptors (Lipinski definition) is 6. The van der Waals surface area contributed by atoms with E-state index in [0.717, 1.165) is 45.1 Å². The average Bonchev–Trinajstić information content (AvgIpc) is 3.06. The van der Waals surface area contributed by atoms with Gasteiger partial charge in [0.1, 0.15) is 24.7 Å². The van der Waals surface area contributed by atoms with Crippen molar-refractivity contribution >= 4 is 11.8 Å². The summed E-state index contributed by atoms with van der Waals surface area (Å²) < 4.78 is 23.7. The molecule has 0 N–H and O–H groups in total. The van der Waals surface area contributed by atoms with Gasteiger partial charge in [-0.3, -0.25) is 0 Å². The molecule has 6 nitrogen and oxygen atoms in total. The van der Waals surface area contributed by atoms with Crippen LogP contribution in [0.15, 0.2) is 143 Å². The SMILES string of the molecule is COC(=NC1=CC=C(N=C(OC)c2ccccc2OCc2ccccc2)CC1)c1ccccc1OCc1ccccc1. The molecular formula is C36H34N2O4. The van der Waals surface area contributed by atoms with Crippen molar-refractivity contribution in [1.82, 2.24) is 0 Å². The number of nitrogens with zero attached hydrogens (tertiary/aromatic N) is 2. The van der Waals surface area contributed by atoms with Gasteiger partial charge >= 0.3 is 0 Å². The molecule has 6 heteroatoms. The van der Waals surface area contributed by atoms with Crippen LogP contribution in [0, 0.1) is 0 Å². The van der Waals surface area contributed by atoms with Gasteiger partial charge in [-0.1, -0.05) is 84.9 Å². The summed E-state index contributed by atoms with van der Waals surface area (Å²) in [6.45, 7) is 0.924. The fourth-order valence-corrected chi connectivity index (χ4v) is 4.50. The summed E-state index contributed by atoms with van der Waals surface area (Å²) in [5.74, 6) is 2.45. The van der Waals surface area contributed by atoms with Gasteiger partial charge in [0.2, 0.25) is 11.8 Å². The number of methoxy groups -OCH3 is 2. The summed E-state index contributed by atoms with van der Waals surface area (Å²) in [6.07, 6.45) is 5.36. The second kappa shape index (κ2) is 14.5. The molecule has 0 saturated carbocycles. The van der Waals surface area contributed by atoms with Crippen LogP contribution in [0.4, 0.5) is 0 Å². The first kappa shape index (κ1) is 28.4. The summed E-state index contributed by atoms with van der Waals surface area (Å²) in [6, 6.07) is 35.7. The van der Waals surface area contributed by atoms with Gasteiger partial charge in [0, 0.05) is 11.4 Å². The van der Waals surface area contributed by atoms with Crippen molar-refractivity contribution in [2.75, 3.05) is 14.2 Å². The lowest BCUT2D eigenvalue weighted by atomic mass is 10.1. The molecule has 4 aromatic carbocycles. The maximum atomic E-state index is 6.13. The lowest BCUT2D eigenvalue weighted by Crippen LogP contribution is -2.09. The van der Waals surface area contributed by atoms with Crippen LogP contribution in [0.25, 0.3) is 0 Å². The second-order valence-corrected chi connectivity index (χ2v) is 9.60. The van der Waals surface area contributed by atoms with Gasteiger partial charge in [-0.25, -0.2) is 9.98 Å². The maximum absolute atomic E-state index is 6.13. The minimum Gasteiger partial charge on any atom is -0.488 e. The number of rotatable bonds is 10. The van der Waals surface area contributed by atoms with E-state index in [1.807, 2.05) is 121 Å². The molecule has 212 valence electrons. The first-order chi connectivity index (χ1) is 20.7. The van der Waals surface area contributed by atoms with Gasteiger partial charge in [0.05, 0.1) is 25.3 Å². The van der Waals surface area contributed by atoms with Crippen LogP contribution in [0.5, 0.6) is 11.5 Å². The van der Waals surface area contributed by atoms with Crippen molar-refractivity contribution < 1.29 is 18.9 Å². The third-order valence-electron chi connectivity index (χ3n) is 6.69. The third-order valence-corrected chi connectivity index (χ3v) is 6.69. The van der Waals surface area contributed by atoms with Crippen LogP contribution in [-0.4, -0.2) is 26.0 Å². The molecule has 0 bridgehead atoms. The number of benzene rings is 4. The van der Waals surface area contributed by atoms with Gasteiger partial charge in [0.25, 0.3) is 0 Å². The Hall–Kier alpha value is -5.10. The van der Waals surface area contributed by atoms with Crippen LogP contribution in [0.1, 0.15) is 35.1 Å². The average molecular weight is 559 g/mol. The first-order valence-electron chi connectivity index (χ1n) is 13.9. The summed E-state index contributed by atoms with van der Waals surface area (Å²) in [7, 11) is 3.26. The highest BCUT2D eigenvalue weighted by molar-refractivity contribution is 5.98. The molecule has 0 aliphatic heterocycles. The molecule has 0 aromatic heterocycles. The summed E-state index contributed by atoms with van der Waals surface area (Å²) in [5.41, 5.74) is 5.59. The number of para-hydroxylation sites is 2. The molecule has 0 spiro atoms. The van der Waals surface area contributed by atoms with Crippen LogP contribution in [0.3, 0.4) is 0 Å². The fourth-order valence-electron chi connectivity index (χ4n) is 4.50. The molecule has 1 aliphatic rings. The Labute approximate surface area is 247 Å². The van der Waals surface area contributed by atoms with E-state index < -0.39 is 0 Å². The minimum atomic E-state index is 0.462. The maximum Gasteiger partial charge on any atom is 0.224 e. The predicted octanol–water partition coefficient (Wildman–Crippen LogP) is 7.89. The van der Waals surface area contributed by atoms with E-state index in [2.05, 4.69) is 0 Å². The van der Waals surface area contributed by atoms with Crippen molar-refractivity contribution in [3.05, 3.63) is 155 Å². The molecule has 0 saturated heterocycles. The second-order valence-electron chi connectivity index (χ2n) is 9.60. The van der Waals surface area contributed by atoms with Crippen LogP contribution in [0.2, 0.25) is 0 Å². The molecule has 0 heterocycles. The highest BCUT2D eigenvalue weighted by atomic mass is 16.5. The Balaban J connectivity index is 1.32. The van der Waals surface area contributed by atoms with Gasteiger partial charge in [-0.2, -0.15) is 0 Å². The molecule has 0 radical (unpaired) electrons. The number of ether oxygens (including phenoxy) is 4. The number of allylic oxidation sites excluding steroid dienone is 4. The Morgan fingerprint density at radius 3 is 1.29 bits per heavy atom.